The Balaban J connectivity index is 2.57. The van der Waals surface area contributed by atoms with E-state index in [1.54, 1.807) is 31.2 Å². The Bertz CT molecular complexity index is 399. The zero-order valence-corrected chi connectivity index (χ0v) is 12.1. The molecule has 2 unspecified atom stereocenters. The maximum absolute atomic E-state index is 11.8. The molecule has 0 saturated heterocycles. The third-order valence-electron chi connectivity index (χ3n) is 3.21. The van der Waals surface area contributed by atoms with E-state index in [0.717, 1.165) is 17.7 Å². The van der Waals surface area contributed by atoms with Crippen LogP contribution in [0.2, 0.25) is 0 Å². The molecule has 0 aromatic heterocycles. The van der Waals surface area contributed by atoms with E-state index in [2.05, 4.69) is 31.4 Å². The minimum absolute atomic E-state index is 0.178. The Hall–Kier alpha value is -1.55. The third-order valence-corrected chi connectivity index (χ3v) is 3.21. The lowest BCUT2D eigenvalue weighted by molar-refractivity contribution is 0.199. The van der Waals surface area contributed by atoms with Crippen LogP contribution in [-0.2, 0) is 0 Å². The Morgan fingerprint density at radius 2 is 1.79 bits per heavy atom. The second-order valence-corrected chi connectivity index (χ2v) is 5.16. The second-order valence-electron chi connectivity index (χ2n) is 5.16. The fourth-order valence-corrected chi connectivity index (χ4v) is 1.92. The van der Waals surface area contributed by atoms with Crippen molar-refractivity contribution in [2.24, 2.45) is 5.92 Å². The predicted octanol–water partition coefficient (Wildman–Crippen LogP) is 3.30. The fourth-order valence-electron chi connectivity index (χ4n) is 1.92. The van der Waals surface area contributed by atoms with Crippen molar-refractivity contribution in [1.82, 2.24) is 5.32 Å². The molecular formula is C15H24N2O2. The maximum Gasteiger partial charge on any atom is 0.319 e. The highest BCUT2D eigenvalue weighted by atomic mass is 16.3. The zero-order valence-electron chi connectivity index (χ0n) is 12.1. The number of aliphatic hydroxyl groups is 1. The Morgan fingerprint density at radius 3 is 2.21 bits per heavy atom. The van der Waals surface area contributed by atoms with E-state index < -0.39 is 6.10 Å². The minimum Gasteiger partial charge on any atom is -0.389 e. The first-order chi connectivity index (χ1) is 8.93. The average Bonchev–Trinajstić information content (AvgIpc) is 2.36. The molecule has 0 bridgehead atoms. The number of aliphatic hydroxyl groups excluding tert-OH is 1. The molecule has 3 N–H and O–H groups in total. The molecule has 0 saturated carbocycles. The molecule has 0 fully saturated rings. The smallest absolute Gasteiger partial charge is 0.319 e. The van der Waals surface area contributed by atoms with Gasteiger partial charge in [0.05, 0.1) is 6.10 Å². The lowest BCUT2D eigenvalue weighted by Gasteiger charge is -2.21. The topological polar surface area (TPSA) is 61.4 Å². The number of rotatable bonds is 5. The molecule has 1 rings (SSSR count). The molecular weight excluding hydrogens is 240 g/mol. The van der Waals surface area contributed by atoms with Gasteiger partial charge in [-0.2, -0.15) is 0 Å². The lowest BCUT2D eigenvalue weighted by Crippen LogP contribution is -2.40. The van der Waals surface area contributed by atoms with Crippen LogP contribution in [0.15, 0.2) is 24.3 Å². The number of anilines is 1. The molecule has 0 radical (unpaired) electrons. The van der Waals surface area contributed by atoms with Crippen LogP contribution >= 0.6 is 0 Å². The highest BCUT2D eigenvalue weighted by Gasteiger charge is 2.13. The standard InChI is InChI=1S/C15H24N2O2/c1-5-14(10(2)3)17-15(19)16-13-8-6-12(7-9-13)11(4)18/h6-11,14,18H,5H2,1-4H3,(H2,16,17,19). The highest BCUT2D eigenvalue weighted by Crippen LogP contribution is 2.15. The number of hydrogen-bond donors (Lipinski definition) is 3. The van der Waals surface area contributed by atoms with Gasteiger partial charge in [0.1, 0.15) is 0 Å². The van der Waals surface area contributed by atoms with Crippen molar-refractivity contribution in [2.75, 3.05) is 5.32 Å². The van der Waals surface area contributed by atoms with Crippen molar-refractivity contribution >= 4 is 11.7 Å². The molecule has 19 heavy (non-hydrogen) atoms. The largest absolute Gasteiger partial charge is 0.389 e. The number of urea groups is 1. The quantitative estimate of drug-likeness (QED) is 0.764. The lowest BCUT2D eigenvalue weighted by atomic mass is 10.0. The van der Waals surface area contributed by atoms with Gasteiger partial charge in [0.2, 0.25) is 0 Å². The van der Waals surface area contributed by atoms with Crippen LogP contribution in [0.4, 0.5) is 10.5 Å². The molecule has 4 nitrogen and oxygen atoms in total. The molecule has 0 aliphatic heterocycles. The van der Waals surface area contributed by atoms with Gasteiger partial charge in [-0.05, 0) is 37.0 Å². The van der Waals surface area contributed by atoms with E-state index in [9.17, 15) is 9.90 Å². The molecule has 1 aromatic carbocycles. The molecule has 2 atom stereocenters. The first kappa shape index (κ1) is 15.5. The summed E-state index contributed by atoms with van der Waals surface area (Å²) in [7, 11) is 0. The van der Waals surface area contributed by atoms with Crippen molar-refractivity contribution < 1.29 is 9.90 Å². The number of carbonyl (C=O) groups excluding carboxylic acids is 1. The van der Waals surface area contributed by atoms with E-state index in [1.807, 2.05) is 0 Å². The number of benzene rings is 1. The molecule has 1 aromatic rings. The van der Waals surface area contributed by atoms with Crippen LogP contribution in [-0.4, -0.2) is 17.2 Å². The van der Waals surface area contributed by atoms with Crippen molar-refractivity contribution in [3.63, 3.8) is 0 Å². The van der Waals surface area contributed by atoms with Crippen molar-refractivity contribution in [2.45, 2.75) is 46.3 Å². The fraction of sp³-hybridized carbons (Fsp3) is 0.533. The monoisotopic (exact) mass is 264 g/mol. The van der Waals surface area contributed by atoms with Gasteiger partial charge >= 0.3 is 6.03 Å². The molecule has 106 valence electrons. The minimum atomic E-state index is -0.492. The van der Waals surface area contributed by atoms with Crippen LogP contribution in [0.25, 0.3) is 0 Å². The van der Waals surface area contributed by atoms with E-state index in [0.29, 0.717) is 5.92 Å². The summed E-state index contributed by atoms with van der Waals surface area (Å²) in [5.41, 5.74) is 1.56. The summed E-state index contributed by atoms with van der Waals surface area (Å²) < 4.78 is 0. The molecule has 0 aliphatic rings. The van der Waals surface area contributed by atoms with Gasteiger partial charge < -0.3 is 15.7 Å². The van der Waals surface area contributed by atoms with Crippen LogP contribution in [0.1, 0.15) is 45.8 Å². The molecule has 0 aliphatic carbocycles. The first-order valence-corrected chi connectivity index (χ1v) is 6.79. The van der Waals surface area contributed by atoms with E-state index in [4.69, 9.17) is 0 Å². The molecule has 0 heterocycles. The van der Waals surface area contributed by atoms with E-state index in [-0.39, 0.29) is 12.1 Å². The van der Waals surface area contributed by atoms with Crippen LogP contribution in [0, 0.1) is 5.92 Å². The maximum atomic E-state index is 11.8. The average molecular weight is 264 g/mol. The molecule has 4 heteroatoms. The highest BCUT2D eigenvalue weighted by molar-refractivity contribution is 5.89. The predicted molar refractivity (Wildman–Crippen MR) is 78.1 cm³/mol. The van der Waals surface area contributed by atoms with Gasteiger partial charge in [0.25, 0.3) is 0 Å². The summed E-state index contributed by atoms with van der Waals surface area (Å²) in [4.78, 5) is 11.8. The number of amides is 2. The van der Waals surface area contributed by atoms with Crippen molar-refractivity contribution in [3.05, 3.63) is 29.8 Å². The van der Waals surface area contributed by atoms with Gasteiger partial charge in [0.15, 0.2) is 0 Å². The SMILES string of the molecule is CCC(NC(=O)Nc1ccc(C(C)O)cc1)C(C)C. The summed E-state index contributed by atoms with van der Waals surface area (Å²) in [6.45, 7) is 7.95. The number of nitrogens with one attached hydrogen (secondary N) is 2. The summed E-state index contributed by atoms with van der Waals surface area (Å²) >= 11 is 0. The van der Waals surface area contributed by atoms with Crippen LogP contribution < -0.4 is 10.6 Å². The Kier molecular flexibility index (Phi) is 5.83. The summed E-state index contributed by atoms with van der Waals surface area (Å²) in [6.07, 6.45) is 0.416. The Labute approximate surface area is 115 Å². The number of carbonyl (C=O) groups is 1. The zero-order chi connectivity index (χ0) is 14.4. The van der Waals surface area contributed by atoms with Gasteiger partial charge in [-0.3, -0.25) is 0 Å². The second kappa shape index (κ2) is 7.14. The van der Waals surface area contributed by atoms with Gasteiger partial charge in [0, 0.05) is 11.7 Å². The van der Waals surface area contributed by atoms with Gasteiger partial charge in [-0.1, -0.05) is 32.9 Å². The van der Waals surface area contributed by atoms with Crippen LogP contribution in [0.3, 0.4) is 0 Å². The summed E-state index contributed by atoms with van der Waals surface area (Å²) in [5.74, 6) is 0.411. The van der Waals surface area contributed by atoms with E-state index in [1.165, 1.54) is 0 Å². The number of hydrogen-bond acceptors (Lipinski definition) is 2. The van der Waals surface area contributed by atoms with Crippen molar-refractivity contribution in [3.8, 4) is 0 Å². The normalized spacial score (nSPS) is 14.0. The summed E-state index contributed by atoms with van der Waals surface area (Å²) in [5, 5.41) is 15.2. The van der Waals surface area contributed by atoms with Gasteiger partial charge in [-0.15, -0.1) is 0 Å². The first-order valence-electron chi connectivity index (χ1n) is 6.79. The third kappa shape index (κ3) is 4.91. The Morgan fingerprint density at radius 1 is 1.21 bits per heavy atom. The van der Waals surface area contributed by atoms with Crippen LogP contribution in [0.5, 0.6) is 0 Å². The molecule has 2 amide bonds. The summed E-state index contributed by atoms with van der Waals surface area (Å²) in [6, 6.07) is 7.18. The van der Waals surface area contributed by atoms with Crippen molar-refractivity contribution in [1.29, 1.82) is 0 Å². The van der Waals surface area contributed by atoms with E-state index >= 15 is 0 Å². The van der Waals surface area contributed by atoms with Gasteiger partial charge in [-0.25, -0.2) is 4.79 Å². The molecule has 0 spiro atoms.